The number of carbonyl (C=O) groups excluding carboxylic acids is 1. The van der Waals surface area contributed by atoms with E-state index in [9.17, 15) is 4.79 Å². The molecule has 4 nitrogen and oxygen atoms in total. The van der Waals surface area contributed by atoms with Crippen molar-refractivity contribution < 1.29 is 4.79 Å². The maximum atomic E-state index is 12.6. The summed E-state index contributed by atoms with van der Waals surface area (Å²) in [6.45, 7) is 2.14. The van der Waals surface area contributed by atoms with Gasteiger partial charge in [-0.2, -0.15) is 0 Å². The predicted octanol–water partition coefficient (Wildman–Crippen LogP) is 2.50. The normalized spacial score (nSPS) is 26.6. The summed E-state index contributed by atoms with van der Waals surface area (Å²) < 4.78 is 0. The van der Waals surface area contributed by atoms with Gasteiger partial charge in [-0.1, -0.05) is 29.8 Å². The molecule has 3 unspecified atom stereocenters. The summed E-state index contributed by atoms with van der Waals surface area (Å²) in [4.78, 5) is 14.5. The molecule has 114 valence electrons. The largest absolute Gasteiger partial charge is 0.341 e. The van der Waals surface area contributed by atoms with Gasteiger partial charge in [0.15, 0.2) is 0 Å². The Morgan fingerprint density at radius 3 is 2.71 bits per heavy atom. The van der Waals surface area contributed by atoms with Crippen LogP contribution >= 0.6 is 11.6 Å². The zero-order valence-electron chi connectivity index (χ0n) is 12.5. The molecular weight excluding hydrogens is 286 g/mol. The van der Waals surface area contributed by atoms with Gasteiger partial charge in [0.05, 0.1) is 0 Å². The van der Waals surface area contributed by atoms with Gasteiger partial charge in [-0.15, -0.1) is 0 Å². The summed E-state index contributed by atoms with van der Waals surface area (Å²) >= 11 is 6.23. The number of benzene rings is 1. The second-order valence-corrected chi connectivity index (χ2v) is 6.59. The minimum absolute atomic E-state index is 0.0808. The van der Waals surface area contributed by atoms with E-state index in [1.807, 2.05) is 36.2 Å². The number of carbonyl (C=O) groups is 1. The Labute approximate surface area is 130 Å². The van der Waals surface area contributed by atoms with E-state index in [0.717, 1.165) is 17.0 Å². The van der Waals surface area contributed by atoms with Crippen LogP contribution in [0.1, 0.15) is 37.8 Å². The summed E-state index contributed by atoms with van der Waals surface area (Å²) in [5, 5.41) is 0.740. The third-order valence-corrected chi connectivity index (χ3v) is 5.09. The lowest BCUT2D eigenvalue weighted by Gasteiger charge is -2.27. The van der Waals surface area contributed by atoms with Crippen LogP contribution in [-0.4, -0.2) is 29.9 Å². The van der Waals surface area contributed by atoms with Crippen LogP contribution in [0.15, 0.2) is 24.3 Å². The van der Waals surface area contributed by atoms with Crippen LogP contribution in [0.2, 0.25) is 5.02 Å². The van der Waals surface area contributed by atoms with Gasteiger partial charge >= 0.3 is 0 Å². The molecule has 21 heavy (non-hydrogen) atoms. The molecule has 5 heteroatoms. The fraction of sp³-hybridized carbons (Fsp3) is 0.562. The average Bonchev–Trinajstić information content (AvgIpc) is 3.23. The second kappa shape index (κ2) is 5.95. The smallest absolute Gasteiger partial charge is 0.241 e. The van der Waals surface area contributed by atoms with Crippen LogP contribution in [0.3, 0.4) is 0 Å². The lowest BCUT2D eigenvalue weighted by molar-refractivity contribution is -0.134. The lowest BCUT2D eigenvalue weighted by Crippen LogP contribution is -2.47. The number of halogens is 1. The molecule has 2 fully saturated rings. The van der Waals surface area contributed by atoms with E-state index in [-0.39, 0.29) is 18.0 Å². The second-order valence-electron chi connectivity index (χ2n) is 6.18. The summed E-state index contributed by atoms with van der Waals surface area (Å²) in [6, 6.07) is 8.01. The average molecular weight is 308 g/mol. The Bertz CT molecular complexity index is 532. The highest BCUT2D eigenvalue weighted by Gasteiger charge is 2.37. The maximum Gasteiger partial charge on any atom is 0.241 e. The molecule has 2 aliphatic rings. The van der Waals surface area contributed by atoms with Gasteiger partial charge in [0, 0.05) is 24.2 Å². The molecule has 1 saturated carbocycles. The first kappa shape index (κ1) is 14.8. The van der Waals surface area contributed by atoms with E-state index in [1.54, 1.807) is 0 Å². The van der Waals surface area contributed by atoms with Crippen molar-refractivity contribution in [3.05, 3.63) is 34.9 Å². The SMILES string of the molecule is CC(C1CC1)N(C)C(=O)C1CC(c2ccccc2Cl)NN1. The molecule has 1 aromatic rings. The number of hydrogen-bond acceptors (Lipinski definition) is 3. The number of hydrazine groups is 1. The Hall–Kier alpha value is -1.10. The summed E-state index contributed by atoms with van der Waals surface area (Å²) in [5.41, 5.74) is 7.37. The first-order chi connectivity index (χ1) is 10.1. The van der Waals surface area contributed by atoms with E-state index in [0.29, 0.717) is 12.0 Å². The van der Waals surface area contributed by atoms with Gasteiger partial charge in [0.1, 0.15) is 6.04 Å². The van der Waals surface area contributed by atoms with Gasteiger partial charge < -0.3 is 4.90 Å². The van der Waals surface area contributed by atoms with Crippen molar-refractivity contribution in [1.82, 2.24) is 15.8 Å². The van der Waals surface area contributed by atoms with Gasteiger partial charge in [0.25, 0.3) is 0 Å². The molecule has 3 atom stereocenters. The molecule has 1 aromatic carbocycles. The van der Waals surface area contributed by atoms with Gasteiger partial charge in [-0.3, -0.25) is 4.79 Å². The fourth-order valence-electron chi connectivity index (χ4n) is 3.02. The molecule has 0 radical (unpaired) electrons. The van der Waals surface area contributed by atoms with Crippen LogP contribution in [0, 0.1) is 5.92 Å². The standard InChI is InChI=1S/C16H22ClN3O/c1-10(11-7-8-11)20(2)16(21)15-9-14(18-19-15)12-5-3-4-6-13(12)17/h3-6,10-11,14-15,18-19H,7-9H2,1-2H3. The van der Waals surface area contributed by atoms with Crippen molar-refractivity contribution in [1.29, 1.82) is 0 Å². The Morgan fingerprint density at radius 2 is 2.05 bits per heavy atom. The van der Waals surface area contributed by atoms with E-state index in [4.69, 9.17) is 11.6 Å². The molecule has 1 amide bonds. The Kier molecular flexibility index (Phi) is 4.20. The van der Waals surface area contributed by atoms with Crippen LogP contribution < -0.4 is 10.9 Å². The van der Waals surface area contributed by atoms with Crippen molar-refractivity contribution in [3.63, 3.8) is 0 Å². The lowest BCUT2D eigenvalue weighted by atomic mass is 10.0. The molecule has 3 rings (SSSR count). The molecule has 0 spiro atoms. The van der Waals surface area contributed by atoms with Crippen LogP contribution in [-0.2, 0) is 4.79 Å². The quantitative estimate of drug-likeness (QED) is 0.898. The van der Waals surface area contributed by atoms with Crippen LogP contribution in [0.5, 0.6) is 0 Å². The third kappa shape index (κ3) is 3.07. The molecule has 0 bridgehead atoms. The van der Waals surface area contributed by atoms with Crippen molar-refractivity contribution in [3.8, 4) is 0 Å². The van der Waals surface area contributed by atoms with Gasteiger partial charge in [0.2, 0.25) is 5.91 Å². The van der Waals surface area contributed by atoms with Crippen molar-refractivity contribution in [2.45, 2.75) is 44.3 Å². The molecule has 1 heterocycles. The van der Waals surface area contributed by atoms with Gasteiger partial charge in [-0.25, -0.2) is 10.9 Å². The van der Waals surface area contributed by atoms with Crippen molar-refractivity contribution in [2.24, 2.45) is 5.92 Å². The van der Waals surface area contributed by atoms with E-state index >= 15 is 0 Å². The first-order valence-electron chi connectivity index (χ1n) is 7.60. The van der Waals surface area contributed by atoms with E-state index < -0.39 is 0 Å². The monoisotopic (exact) mass is 307 g/mol. The fourth-order valence-corrected chi connectivity index (χ4v) is 3.29. The zero-order chi connectivity index (χ0) is 15.0. The number of rotatable bonds is 4. The molecule has 1 aliphatic carbocycles. The number of nitrogens with zero attached hydrogens (tertiary/aromatic N) is 1. The highest BCUT2D eigenvalue weighted by Crippen LogP contribution is 2.35. The summed E-state index contributed by atoms with van der Waals surface area (Å²) in [6.07, 6.45) is 3.22. The highest BCUT2D eigenvalue weighted by molar-refractivity contribution is 6.31. The Morgan fingerprint density at radius 1 is 1.33 bits per heavy atom. The topological polar surface area (TPSA) is 44.4 Å². The van der Waals surface area contributed by atoms with Gasteiger partial charge in [-0.05, 0) is 43.7 Å². The minimum Gasteiger partial charge on any atom is -0.341 e. The number of hydrogen-bond donors (Lipinski definition) is 2. The number of nitrogens with one attached hydrogen (secondary N) is 2. The summed E-state index contributed by atoms with van der Waals surface area (Å²) in [5.74, 6) is 0.851. The number of amides is 1. The summed E-state index contributed by atoms with van der Waals surface area (Å²) in [7, 11) is 1.91. The molecular formula is C16H22ClN3O. The molecule has 0 aromatic heterocycles. The Balaban J connectivity index is 1.64. The van der Waals surface area contributed by atoms with Crippen molar-refractivity contribution in [2.75, 3.05) is 7.05 Å². The maximum absolute atomic E-state index is 12.6. The molecule has 1 aliphatic heterocycles. The zero-order valence-corrected chi connectivity index (χ0v) is 13.2. The molecule has 1 saturated heterocycles. The van der Waals surface area contributed by atoms with E-state index in [2.05, 4.69) is 17.8 Å². The predicted molar refractivity (Wildman–Crippen MR) is 83.8 cm³/mol. The number of likely N-dealkylation sites (N-methyl/N-ethyl adjacent to an activating group) is 1. The van der Waals surface area contributed by atoms with Crippen LogP contribution in [0.4, 0.5) is 0 Å². The third-order valence-electron chi connectivity index (χ3n) is 4.74. The first-order valence-corrected chi connectivity index (χ1v) is 7.98. The minimum atomic E-state index is -0.183. The van der Waals surface area contributed by atoms with Crippen LogP contribution in [0.25, 0.3) is 0 Å². The molecule has 2 N–H and O–H groups in total. The highest BCUT2D eigenvalue weighted by atomic mass is 35.5. The van der Waals surface area contributed by atoms with E-state index in [1.165, 1.54) is 12.8 Å². The van der Waals surface area contributed by atoms with Crippen molar-refractivity contribution >= 4 is 17.5 Å².